The smallest absolute Gasteiger partial charge is 0.255 e. The summed E-state index contributed by atoms with van der Waals surface area (Å²) in [7, 11) is -1.57. The Bertz CT molecular complexity index is 1050. The third-order valence-corrected chi connectivity index (χ3v) is 7.01. The van der Waals surface area contributed by atoms with E-state index >= 15 is 0 Å². The van der Waals surface area contributed by atoms with Gasteiger partial charge in [-0.05, 0) is 24.1 Å². The Morgan fingerprint density at radius 1 is 1.24 bits per heavy atom. The van der Waals surface area contributed by atoms with Gasteiger partial charge in [-0.25, -0.2) is 17.7 Å². The number of H-pyrrole nitrogens is 1. The standard InChI is InChI=1S/C20H26N4O4S/c1-28-16-5-3-14(4-6-16)11-23-9-8-18-17(13-23)20(25)22-19(21-18)15-7-10-24(12-15)29(2,26)27/h3-6,15H,7-13H2,1-2H3,(H,21,22,25)/t15-/m0/s1. The highest BCUT2D eigenvalue weighted by Gasteiger charge is 2.32. The summed E-state index contributed by atoms with van der Waals surface area (Å²) < 4.78 is 30.2. The maximum Gasteiger partial charge on any atom is 0.255 e. The quantitative estimate of drug-likeness (QED) is 0.781. The summed E-state index contributed by atoms with van der Waals surface area (Å²) >= 11 is 0. The van der Waals surface area contributed by atoms with E-state index in [9.17, 15) is 13.2 Å². The number of nitrogens with one attached hydrogen (secondary N) is 1. The second-order valence-electron chi connectivity index (χ2n) is 7.79. The van der Waals surface area contributed by atoms with Gasteiger partial charge < -0.3 is 9.72 Å². The zero-order valence-electron chi connectivity index (χ0n) is 16.7. The summed E-state index contributed by atoms with van der Waals surface area (Å²) in [5.74, 6) is 1.39. The summed E-state index contributed by atoms with van der Waals surface area (Å²) in [6.07, 6.45) is 2.61. The molecule has 1 fully saturated rings. The monoisotopic (exact) mass is 418 g/mol. The van der Waals surface area contributed by atoms with Crippen LogP contribution in [0.3, 0.4) is 0 Å². The van der Waals surface area contributed by atoms with Crippen LogP contribution in [0.1, 0.15) is 35.0 Å². The van der Waals surface area contributed by atoms with Crippen molar-refractivity contribution in [2.24, 2.45) is 0 Å². The van der Waals surface area contributed by atoms with Gasteiger partial charge >= 0.3 is 0 Å². The molecule has 1 aromatic heterocycles. The number of sulfonamides is 1. The predicted octanol–water partition coefficient (Wildman–Crippen LogP) is 1.09. The average molecular weight is 419 g/mol. The molecule has 1 atom stereocenters. The molecule has 2 aliphatic rings. The molecule has 8 nitrogen and oxygen atoms in total. The minimum Gasteiger partial charge on any atom is -0.497 e. The number of nitrogens with zero attached hydrogens (tertiary/aromatic N) is 3. The van der Waals surface area contributed by atoms with Crippen molar-refractivity contribution in [3.8, 4) is 5.75 Å². The van der Waals surface area contributed by atoms with Crippen LogP contribution < -0.4 is 10.3 Å². The number of methoxy groups -OCH3 is 1. The lowest BCUT2D eigenvalue weighted by atomic mass is 10.0. The lowest BCUT2D eigenvalue weighted by Crippen LogP contribution is -2.36. The van der Waals surface area contributed by atoms with Crippen molar-refractivity contribution in [1.29, 1.82) is 0 Å². The minimum atomic E-state index is -3.21. The van der Waals surface area contributed by atoms with Crippen molar-refractivity contribution in [2.75, 3.05) is 33.0 Å². The molecule has 0 spiro atoms. The van der Waals surface area contributed by atoms with Crippen molar-refractivity contribution >= 4 is 10.0 Å². The van der Waals surface area contributed by atoms with Gasteiger partial charge in [0.2, 0.25) is 10.0 Å². The van der Waals surface area contributed by atoms with E-state index in [2.05, 4.69) is 9.88 Å². The molecule has 0 bridgehead atoms. The predicted molar refractivity (Wildman–Crippen MR) is 109 cm³/mol. The first kappa shape index (κ1) is 20.1. The molecule has 1 N–H and O–H groups in total. The van der Waals surface area contributed by atoms with E-state index in [4.69, 9.17) is 9.72 Å². The first-order chi connectivity index (χ1) is 13.8. The third-order valence-electron chi connectivity index (χ3n) is 5.74. The molecule has 1 saturated heterocycles. The zero-order valence-corrected chi connectivity index (χ0v) is 17.5. The lowest BCUT2D eigenvalue weighted by molar-refractivity contribution is 0.241. The molecule has 9 heteroatoms. The second kappa shape index (κ2) is 7.89. The van der Waals surface area contributed by atoms with Gasteiger partial charge in [0.15, 0.2) is 0 Å². The number of benzene rings is 1. The van der Waals surface area contributed by atoms with E-state index in [0.29, 0.717) is 43.9 Å². The average Bonchev–Trinajstić information content (AvgIpc) is 3.20. The fourth-order valence-corrected chi connectivity index (χ4v) is 4.96. The van der Waals surface area contributed by atoms with Gasteiger partial charge in [0.1, 0.15) is 11.6 Å². The summed E-state index contributed by atoms with van der Waals surface area (Å²) in [5, 5.41) is 0. The maximum absolute atomic E-state index is 12.7. The summed E-state index contributed by atoms with van der Waals surface area (Å²) in [6.45, 7) is 3.00. The molecule has 0 aliphatic carbocycles. The van der Waals surface area contributed by atoms with Crippen LogP contribution in [0.15, 0.2) is 29.1 Å². The Hall–Kier alpha value is -2.23. The molecule has 29 heavy (non-hydrogen) atoms. The minimum absolute atomic E-state index is 0.0555. The van der Waals surface area contributed by atoms with E-state index < -0.39 is 10.0 Å². The molecule has 4 rings (SSSR count). The molecular formula is C20H26N4O4S. The number of fused-ring (bicyclic) bond motifs is 1. The van der Waals surface area contributed by atoms with Crippen molar-refractivity contribution < 1.29 is 13.2 Å². The summed E-state index contributed by atoms with van der Waals surface area (Å²) in [4.78, 5) is 22.6. The zero-order chi connectivity index (χ0) is 20.6. The number of ether oxygens (including phenoxy) is 1. The third kappa shape index (κ3) is 4.36. The Balaban J connectivity index is 1.48. The van der Waals surface area contributed by atoms with Crippen LogP contribution in [0.25, 0.3) is 0 Å². The van der Waals surface area contributed by atoms with Gasteiger partial charge in [0, 0.05) is 45.1 Å². The maximum atomic E-state index is 12.7. The van der Waals surface area contributed by atoms with Gasteiger partial charge in [-0.1, -0.05) is 12.1 Å². The highest BCUT2D eigenvalue weighted by Crippen LogP contribution is 2.27. The Labute approximate surface area is 170 Å². The van der Waals surface area contributed by atoms with Gasteiger partial charge in [-0.3, -0.25) is 9.69 Å². The molecule has 1 aromatic carbocycles. The first-order valence-corrected chi connectivity index (χ1v) is 11.6. The largest absolute Gasteiger partial charge is 0.497 e. The van der Waals surface area contributed by atoms with Crippen LogP contribution in [0.4, 0.5) is 0 Å². The number of rotatable bonds is 5. The lowest BCUT2D eigenvalue weighted by Gasteiger charge is -2.28. The summed E-state index contributed by atoms with van der Waals surface area (Å²) in [5.41, 5.74) is 2.61. The molecule has 0 radical (unpaired) electrons. The van der Waals surface area contributed by atoms with E-state index in [-0.39, 0.29) is 11.5 Å². The van der Waals surface area contributed by atoms with Crippen molar-refractivity contribution in [1.82, 2.24) is 19.2 Å². The molecule has 2 aromatic rings. The van der Waals surface area contributed by atoms with E-state index in [1.54, 1.807) is 7.11 Å². The molecule has 2 aliphatic heterocycles. The van der Waals surface area contributed by atoms with Crippen LogP contribution >= 0.6 is 0 Å². The Morgan fingerprint density at radius 3 is 2.66 bits per heavy atom. The van der Waals surface area contributed by atoms with Gasteiger partial charge in [-0.2, -0.15) is 0 Å². The van der Waals surface area contributed by atoms with E-state index in [0.717, 1.165) is 24.5 Å². The second-order valence-corrected chi connectivity index (χ2v) is 9.77. The van der Waals surface area contributed by atoms with E-state index in [1.165, 1.54) is 16.1 Å². The highest BCUT2D eigenvalue weighted by molar-refractivity contribution is 7.88. The summed E-state index contributed by atoms with van der Waals surface area (Å²) in [6, 6.07) is 7.95. The molecular weight excluding hydrogens is 392 g/mol. The van der Waals surface area contributed by atoms with Crippen LogP contribution in [-0.4, -0.2) is 60.6 Å². The van der Waals surface area contributed by atoms with Crippen LogP contribution in [0, 0.1) is 0 Å². The molecule has 156 valence electrons. The van der Waals surface area contributed by atoms with Crippen molar-refractivity contribution in [2.45, 2.75) is 31.8 Å². The van der Waals surface area contributed by atoms with Crippen LogP contribution in [0.5, 0.6) is 5.75 Å². The Morgan fingerprint density at radius 2 is 2.00 bits per heavy atom. The number of aromatic nitrogens is 2. The first-order valence-electron chi connectivity index (χ1n) is 9.76. The van der Waals surface area contributed by atoms with Gasteiger partial charge in [0.05, 0.1) is 24.6 Å². The molecule has 0 amide bonds. The van der Waals surface area contributed by atoms with E-state index in [1.807, 2.05) is 24.3 Å². The van der Waals surface area contributed by atoms with Crippen molar-refractivity contribution in [3.05, 3.63) is 57.3 Å². The topological polar surface area (TPSA) is 95.6 Å². The Kier molecular flexibility index (Phi) is 5.46. The van der Waals surface area contributed by atoms with Gasteiger partial charge in [0.25, 0.3) is 5.56 Å². The number of hydrogen-bond acceptors (Lipinski definition) is 6. The van der Waals surface area contributed by atoms with Crippen LogP contribution in [-0.2, 0) is 29.5 Å². The fourth-order valence-electron chi connectivity index (χ4n) is 4.07. The number of hydrogen-bond donors (Lipinski definition) is 1. The molecule has 3 heterocycles. The van der Waals surface area contributed by atoms with Gasteiger partial charge in [-0.15, -0.1) is 0 Å². The highest BCUT2D eigenvalue weighted by atomic mass is 32.2. The molecule has 0 unspecified atom stereocenters. The van der Waals surface area contributed by atoms with Crippen LogP contribution in [0.2, 0.25) is 0 Å². The van der Waals surface area contributed by atoms with Crippen molar-refractivity contribution in [3.63, 3.8) is 0 Å². The normalized spacial score (nSPS) is 20.6. The molecule has 0 saturated carbocycles. The fraction of sp³-hybridized carbons (Fsp3) is 0.500. The SMILES string of the molecule is COc1ccc(CN2CCc3nc([C@H]4CCN(S(C)(=O)=O)C4)[nH]c(=O)c3C2)cc1. The number of aromatic amines is 1.